The third kappa shape index (κ3) is 4.01. The summed E-state index contributed by atoms with van der Waals surface area (Å²) in [6, 6.07) is 5.59. The first-order valence-corrected chi connectivity index (χ1v) is 11.1. The number of halogens is 5. The molecule has 33 heavy (non-hydrogen) atoms. The number of hydrogen-bond acceptors (Lipinski definition) is 5. The molecular formula is C22H19Cl2F3N4O2. The number of nitrogens with zero attached hydrogens (tertiary/aromatic N) is 3. The topological polar surface area (TPSA) is 66.8 Å². The highest BCUT2D eigenvalue weighted by atomic mass is 35.5. The first-order chi connectivity index (χ1) is 15.6. The standard InChI is InChI=1S/C22H19Cl2F3N4O2/c1-11-2-17(11)29-20(32)18-3-12-9-31(10-13(12)8-28-18)19-7-21(33-30-19,22(25,26)27)14-4-15(23)6-16(24)5-14/h3-6,8,11,17H,2,7,9-10H2,1H3,(H,29,32). The second kappa shape index (κ2) is 7.77. The monoisotopic (exact) mass is 498 g/mol. The van der Waals surface area contributed by atoms with E-state index in [2.05, 4.69) is 22.4 Å². The van der Waals surface area contributed by atoms with Gasteiger partial charge in [0.05, 0.1) is 6.42 Å². The first-order valence-electron chi connectivity index (χ1n) is 10.4. The Morgan fingerprint density at radius 3 is 2.48 bits per heavy atom. The summed E-state index contributed by atoms with van der Waals surface area (Å²) in [6.45, 7) is 2.67. The highest BCUT2D eigenvalue weighted by Gasteiger charge is 2.63. The van der Waals surface area contributed by atoms with Gasteiger partial charge in [-0.1, -0.05) is 35.3 Å². The molecule has 2 aromatic rings. The van der Waals surface area contributed by atoms with Gasteiger partial charge in [0.1, 0.15) is 11.5 Å². The minimum atomic E-state index is -4.76. The van der Waals surface area contributed by atoms with Gasteiger partial charge in [-0.05, 0) is 47.7 Å². The van der Waals surface area contributed by atoms with E-state index in [4.69, 9.17) is 28.0 Å². The molecule has 1 aliphatic carbocycles. The lowest BCUT2D eigenvalue weighted by molar-refractivity contribution is -0.275. The van der Waals surface area contributed by atoms with Gasteiger partial charge in [-0.15, -0.1) is 0 Å². The number of alkyl halides is 3. The molecule has 6 nitrogen and oxygen atoms in total. The number of amides is 1. The number of aromatic nitrogens is 1. The van der Waals surface area contributed by atoms with Crippen LogP contribution in [0.1, 0.15) is 46.9 Å². The van der Waals surface area contributed by atoms with Crippen LogP contribution in [0.5, 0.6) is 0 Å². The van der Waals surface area contributed by atoms with Crippen LogP contribution in [-0.4, -0.2) is 33.8 Å². The molecule has 0 bridgehead atoms. The molecule has 3 unspecified atom stereocenters. The Balaban J connectivity index is 1.35. The summed E-state index contributed by atoms with van der Waals surface area (Å²) < 4.78 is 42.6. The number of carbonyl (C=O) groups excluding carboxylic acids is 1. The molecule has 1 amide bonds. The van der Waals surface area contributed by atoms with E-state index in [0.717, 1.165) is 17.5 Å². The summed E-state index contributed by atoms with van der Waals surface area (Å²) in [5, 5.41) is 6.88. The van der Waals surface area contributed by atoms with Gasteiger partial charge in [-0.25, -0.2) is 0 Å². The van der Waals surface area contributed by atoms with Gasteiger partial charge >= 0.3 is 6.18 Å². The zero-order valence-corrected chi connectivity index (χ0v) is 18.9. The number of carbonyl (C=O) groups is 1. The van der Waals surface area contributed by atoms with Crippen LogP contribution in [0.3, 0.4) is 0 Å². The molecule has 1 fully saturated rings. The van der Waals surface area contributed by atoms with Crippen molar-refractivity contribution in [2.75, 3.05) is 0 Å². The van der Waals surface area contributed by atoms with Crippen molar-refractivity contribution in [3.05, 3.63) is 62.9 Å². The number of fused-ring (bicyclic) bond motifs is 1. The van der Waals surface area contributed by atoms with E-state index in [0.29, 0.717) is 19.0 Å². The summed E-state index contributed by atoms with van der Waals surface area (Å²) >= 11 is 11.9. The van der Waals surface area contributed by atoms with Crippen molar-refractivity contribution in [1.82, 2.24) is 15.2 Å². The second-order valence-corrected chi connectivity index (χ2v) is 9.62. The molecule has 174 valence electrons. The molecule has 2 aliphatic heterocycles. The minimum Gasteiger partial charge on any atom is -0.372 e. The fourth-order valence-corrected chi connectivity index (χ4v) is 4.73. The van der Waals surface area contributed by atoms with Crippen LogP contribution in [0, 0.1) is 5.92 Å². The fourth-order valence-electron chi connectivity index (χ4n) is 4.20. The largest absolute Gasteiger partial charge is 0.435 e. The number of pyridine rings is 1. The van der Waals surface area contributed by atoms with E-state index in [1.807, 2.05) is 0 Å². The molecule has 11 heteroatoms. The van der Waals surface area contributed by atoms with E-state index in [1.54, 1.807) is 17.2 Å². The summed E-state index contributed by atoms with van der Waals surface area (Å²) in [6.07, 6.45) is -2.75. The summed E-state index contributed by atoms with van der Waals surface area (Å²) in [5.41, 5.74) is -0.965. The molecule has 0 spiro atoms. The van der Waals surface area contributed by atoms with Gasteiger partial charge in [0, 0.05) is 40.9 Å². The first kappa shape index (κ1) is 22.3. The molecule has 1 aromatic carbocycles. The molecular weight excluding hydrogens is 480 g/mol. The van der Waals surface area contributed by atoms with Gasteiger partial charge in [-0.2, -0.15) is 13.2 Å². The van der Waals surface area contributed by atoms with Crippen molar-refractivity contribution < 1.29 is 22.8 Å². The average Bonchev–Trinajstić information content (AvgIpc) is 3.14. The van der Waals surface area contributed by atoms with Crippen LogP contribution in [-0.2, 0) is 23.5 Å². The molecule has 0 saturated heterocycles. The Morgan fingerprint density at radius 1 is 1.18 bits per heavy atom. The fraction of sp³-hybridized carbons (Fsp3) is 0.409. The number of benzene rings is 1. The molecule has 1 aromatic heterocycles. The van der Waals surface area contributed by atoms with E-state index in [-0.39, 0.29) is 39.1 Å². The predicted octanol–water partition coefficient (Wildman–Crippen LogP) is 5.03. The zero-order chi connectivity index (χ0) is 23.5. The Morgan fingerprint density at radius 2 is 1.85 bits per heavy atom. The maximum absolute atomic E-state index is 14.2. The molecule has 5 rings (SSSR count). The Labute approximate surface area is 197 Å². The van der Waals surface area contributed by atoms with Crippen molar-refractivity contribution in [3.63, 3.8) is 0 Å². The maximum Gasteiger partial charge on any atom is 0.435 e. The van der Waals surface area contributed by atoms with Crippen LogP contribution in [0.2, 0.25) is 10.0 Å². The Bertz CT molecular complexity index is 1150. The van der Waals surface area contributed by atoms with E-state index in [9.17, 15) is 18.0 Å². The maximum atomic E-state index is 14.2. The smallest absolute Gasteiger partial charge is 0.372 e. The lowest BCUT2D eigenvalue weighted by Crippen LogP contribution is -2.43. The Kier molecular flexibility index (Phi) is 5.25. The number of oxime groups is 1. The highest BCUT2D eigenvalue weighted by molar-refractivity contribution is 6.34. The highest BCUT2D eigenvalue weighted by Crippen LogP contribution is 2.49. The molecule has 3 atom stereocenters. The SMILES string of the molecule is CC1CC1NC(=O)c1cc2c(cn1)CN(C1=NOC(c3cc(Cl)cc(Cl)c3)(C(F)(F)F)C1)C2. The van der Waals surface area contributed by atoms with Crippen molar-refractivity contribution in [2.24, 2.45) is 11.1 Å². The lowest BCUT2D eigenvalue weighted by atomic mass is 9.89. The normalized spacial score (nSPS) is 26.0. The Hall–Kier alpha value is -2.52. The lowest BCUT2D eigenvalue weighted by Gasteiger charge is -2.30. The summed E-state index contributed by atoms with van der Waals surface area (Å²) in [5.74, 6) is 0.362. The van der Waals surface area contributed by atoms with Crippen molar-refractivity contribution >= 4 is 34.9 Å². The van der Waals surface area contributed by atoms with Gasteiger partial charge in [0.25, 0.3) is 11.5 Å². The second-order valence-electron chi connectivity index (χ2n) is 8.75. The summed E-state index contributed by atoms with van der Waals surface area (Å²) in [7, 11) is 0. The number of amidine groups is 1. The van der Waals surface area contributed by atoms with Crippen LogP contribution >= 0.6 is 23.2 Å². The van der Waals surface area contributed by atoms with Crippen molar-refractivity contribution in [1.29, 1.82) is 0 Å². The minimum absolute atomic E-state index is 0.0734. The van der Waals surface area contributed by atoms with E-state index >= 15 is 0 Å². The third-order valence-corrected chi connectivity index (χ3v) is 6.77. The van der Waals surface area contributed by atoms with Crippen LogP contribution < -0.4 is 5.32 Å². The van der Waals surface area contributed by atoms with Gasteiger partial charge in [-0.3, -0.25) is 9.78 Å². The number of hydrogen-bond donors (Lipinski definition) is 1. The zero-order valence-electron chi connectivity index (χ0n) is 17.4. The van der Waals surface area contributed by atoms with Gasteiger partial charge in [0.2, 0.25) is 0 Å². The molecule has 3 aliphatic rings. The van der Waals surface area contributed by atoms with Gasteiger partial charge < -0.3 is 15.1 Å². The number of nitrogens with one attached hydrogen (secondary N) is 1. The van der Waals surface area contributed by atoms with E-state index < -0.39 is 18.2 Å². The van der Waals surface area contributed by atoms with Gasteiger partial charge in [0.15, 0.2) is 0 Å². The predicted molar refractivity (Wildman–Crippen MR) is 116 cm³/mol. The number of rotatable bonds is 3. The van der Waals surface area contributed by atoms with Crippen molar-refractivity contribution in [3.8, 4) is 0 Å². The molecule has 1 N–H and O–H groups in total. The average molecular weight is 499 g/mol. The van der Waals surface area contributed by atoms with Crippen LogP contribution in [0.4, 0.5) is 13.2 Å². The quantitative estimate of drug-likeness (QED) is 0.644. The van der Waals surface area contributed by atoms with Crippen LogP contribution in [0.25, 0.3) is 0 Å². The molecule has 1 saturated carbocycles. The van der Waals surface area contributed by atoms with Crippen molar-refractivity contribution in [2.45, 2.75) is 50.7 Å². The summed E-state index contributed by atoms with van der Waals surface area (Å²) in [4.78, 5) is 23.4. The molecule has 0 radical (unpaired) electrons. The van der Waals surface area contributed by atoms with E-state index in [1.165, 1.54) is 18.2 Å². The molecule has 3 heterocycles. The third-order valence-electron chi connectivity index (χ3n) is 6.33. The van der Waals surface area contributed by atoms with Crippen LogP contribution in [0.15, 0.2) is 35.6 Å².